The van der Waals surface area contributed by atoms with E-state index in [0.717, 1.165) is 5.56 Å². The smallest absolute Gasteiger partial charge is 0.322 e. The van der Waals surface area contributed by atoms with Crippen molar-refractivity contribution >= 4 is 29.3 Å². The SMILES string of the molecule is Nc1ccc(NC(=O)N2CC(=Cc3ccccn3)C(=O)C(c3ccc(O)cc3)C2)cc1. The predicted molar refractivity (Wildman–Crippen MR) is 120 cm³/mol. The molecule has 0 saturated carbocycles. The number of amides is 2. The van der Waals surface area contributed by atoms with E-state index in [1.807, 2.05) is 12.1 Å². The molecule has 31 heavy (non-hydrogen) atoms. The average Bonchev–Trinajstić information content (AvgIpc) is 2.78. The van der Waals surface area contributed by atoms with Gasteiger partial charge >= 0.3 is 6.03 Å². The van der Waals surface area contributed by atoms with Crippen LogP contribution in [0.3, 0.4) is 0 Å². The number of carbonyl (C=O) groups is 2. The molecule has 4 N–H and O–H groups in total. The zero-order chi connectivity index (χ0) is 21.8. The quantitative estimate of drug-likeness (QED) is 0.448. The number of likely N-dealkylation sites (tertiary alicyclic amines) is 1. The van der Waals surface area contributed by atoms with Crippen molar-refractivity contribution in [1.29, 1.82) is 0 Å². The molecular formula is C24H22N4O3. The zero-order valence-electron chi connectivity index (χ0n) is 16.7. The second kappa shape index (κ2) is 8.71. The van der Waals surface area contributed by atoms with Crippen molar-refractivity contribution in [3.05, 3.63) is 89.8 Å². The van der Waals surface area contributed by atoms with E-state index in [9.17, 15) is 14.7 Å². The summed E-state index contributed by atoms with van der Waals surface area (Å²) in [6.07, 6.45) is 3.38. The number of aromatic hydroxyl groups is 1. The van der Waals surface area contributed by atoms with Crippen LogP contribution < -0.4 is 11.1 Å². The number of anilines is 2. The number of nitrogen functional groups attached to an aromatic ring is 1. The van der Waals surface area contributed by atoms with Crippen molar-refractivity contribution in [3.8, 4) is 5.75 Å². The number of benzene rings is 2. The largest absolute Gasteiger partial charge is 0.508 e. The van der Waals surface area contributed by atoms with Crippen molar-refractivity contribution in [2.75, 3.05) is 24.1 Å². The molecule has 2 amide bonds. The summed E-state index contributed by atoms with van der Waals surface area (Å²) in [4.78, 5) is 32.1. The Morgan fingerprint density at radius 2 is 1.84 bits per heavy atom. The lowest BCUT2D eigenvalue weighted by molar-refractivity contribution is -0.118. The number of carbonyl (C=O) groups excluding carboxylic acids is 2. The highest BCUT2D eigenvalue weighted by molar-refractivity contribution is 6.06. The first kappa shape index (κ1) is 20.2. The number of rotatable bonds is 3. The Labute approximate surface area is 179 Å². The zero-order valence-corrected chi connectivity index (χ0v) is 16.7. The molecule has 7 heteroatoms. The van der Waals surface area contributed by atoms with Crippen LogP contribution in [-0.2, 0) is 4.79 Å². The molecule has 2 aromatic carbocycles. The third-order valence-corrected chi connectivity index (χ3v) is 5.15. The summed E-state index contributed by atoms with van der Waals surface area (Å²) in [6, 6.07) is 18.5. The number of ketones is 1. The van der Waals surface area contributed by atoms with E-state index in [0.29, 0.717) is 22.6 Å². The number of pyridine rings is 1. The second-order valence-corrected chi connectivity index (χ2v) is 7.37. The fraction of sp³-hybridized carbons (Fsp3) is 0.125. The Morgan fingerprint density at radius 3 is 2.52 bits per heavy atom. The van der Waals surface area contributed by atoms with Gasteiger partial charge in [0.2, 0.25) is 0 Å². The number of nitrogens with zero attached hydrogens (tertiary/aromatic N) is 2. The van der Waals surface area contributed by atoms with Gasteiger partial charge in [-0.1, -0.05) is 18.2 Å². The number of nitrogens with one attached hydrogen (secondary N) is 1. The Hall–Kier alpha value is -4.13. The first-order chi connectivity index (χ1) is 15.0. The minimum atomic E-state index is -0.540. The molecule has 4 rings (SSSR count). The summed E-state index contributed by atoms with van der Waals surface area (Å²) in [6.45, 7) is 0.398. The molecule has 0 radical (unpaired) electrons. The van der Waals surface area contributed by atoms with Gasteiger partial charge in [0, 0.05) is 29.7 Å². The highest BCUT2D eigenvalue weighted by Crippen LogP contribution is 2.29. The van der Waals surface area contributed by atoms with E-state index in [1.54, 1.807) is 59.6 Å². The normalized spacial score (nSPS) is 17.5. The lowest BCUT2D eigenvalue weighted by Gasteiger charge is -2.33. The standard InChI is InChI=1S/C24H22N4O3/c25-18-6-8-19(9-7-18)27-24(31)28-14-17(13-20-3-1-2-12-26-20)23(30)22(15-28)16-4-10-21(29)11-5-16/h1-13,22,29H,14-15,25H2,(H,27,31). The maximum atomic E-state index is 13.2. The van der Waals surface area contributed by atoms with Crippen LogP contribution in [0.15, 0.2) is 78.5 Å². The number of phenols is 1. The van der Waals surface area contributed by atoms with Gasteiger partial charge in [0.1, 0.15) is 5.75 Å². The molecule has 0 aliphatic carbocycles. The maximum Gasteiger partial charge on any atom is 0.322 e. The van der Waals surface area contributed by atoms with Crippen LogP contribution >= 0.6 is 0 Å². The first-order valence-electron chi connectivity index (χ1n) is 9.86. The summed E-state index contributed by atoms with van der Waals surface area (Å²) in [5.74, 6) is -0.483. The van der Waals surface area contributed by atoms with Gasteiger partial charge in [-0.3, -0.25) is 9.78 Å². The Morgan fingerprint density at radius 1 is 1.10 bits per heavy atom. The summed E-state index contributed by atoms with van der Waals surface area (Å²) in [5, 5.41) is 12.5. The summed E-state index contributed by atoms with van der Waals surface area (Å²) in [5.41, 5.74) is 8.81. The molecule has 1 fully saturated rings. The molecule has 1 unspecified atom stereocenters. The van der Waals surface area contributed by atoms with Crippen LogP contribution in [0.4, 0.5) is 16.2 Å². The predicted octanol–water partition coefficient (Wildman–Crippen LogP) is 3.65. The number of hydrogen-bond acceptors (Lipinski definition) is 5. The van der Waals surface area contributed by atoms with E-state index in [1.165, 1.54) is 12.1 Å². The molecule has 0 bridgehead atoms. The number of urea groups is 1. The molecule has 2 heterocycles. The van der Waals surface area contributed by atoms with Crippen molar-refractivity contribution < 1.29 is 14.7 Å². The number of hydrogen-bond donors (Lipinski definition) is 3. The minimum Gasteiger partial charge on any atom is -0.508 e. The topological polar surface area (TPSA) is 109 Å². The van der Waals surface area contributed by atoms with Crippen molar-refractivity contribution in [2.24, 2.45) is 0 Å². The molecule has 1 saturated heterocycles. The van der Waals surface area contributed by atoms with Gasteiger partial charge in [-0.25, -0.2) is 4.79 Å². The van der Waals surface area contributed by atoms with Crippen LogP contribution in [0.5, 0.6) is 5.75 Å². The number of piperidine rings is 1. The molecule has 0 spiro atoms. The molecule has 3 aromatic rings. The second-order valence-electron chi connectivity index (χ2n) is 7.37. The maximum absolute atomic E-state index is 13.2. The highest BCUT2D eigenvalue weighted by Gasteiger charge is 2.34. The van der Waals surface area contributed by atoms with E-state index >= 15 is 0 Å². The lowest BCUT2D eigenvalue weighted by atomic mass is 9.86. The average molecular weight is 414 g/mol. The van der Waals surface area contributed by atoms with Gasteiger partial charge < -0.3 is 21.1 Å². The van der Waals surface area contributed by atoms with Crippen molar-refractivity contribution in [3.63, 3.8) is 0 Å². The summed E-state index contributed by atoms with van der Waals surface area (Å²) in [7, 11) is 0. The van der Waals surface area contributed by atoms with E-state index in [-0.39, 0.29) is 30.7 Å². The molecule has 1 atom stereocenters. The van der Waals surface area contributed by atoms with Gasteiger partial charge in [0.25, 0.3) is 0 Å². The fourth-order valence-corrected chi connectivity index (χ4v) is 3.52. The number of aromatic nitrogens is 1. The minimum absolute atomic E-state index is 0.0622. The monoisotopic (exact) mass is 414 g/mol. The Balaban J connectivity index is 1.64. The molecular weight excluding hydrogens is 392 g/mol. The highest BCUT2D eigenvalue weighted by atomic mass is 16.3. The fourth-order valence-electron chi connectivity index (χ4n) is 3.52. The van der Waals surface area contributed by atoms with Crippen LogP contribution in [-0.4, -0.2) is 39.9 Å². The third-order valence-electron chi connectivity index (χ3n) is 5.15. The number of Topliss-reactive ketones (excluding diaryl/α,β-unsaturated/α-hetero) is 1. The van der Waals surface area contributed by atoms with Crippen LogP contribution in [0, 0.1) is 0 Å². The van der Waals surface area contributed by atoms with Gasteiger partial charge in [-0.2, -0.15) is 0 Å². The molecule has 1 aliphatic heterocycles. The Bertz CT molecular complexity index is 1110. The summed E-state index contributed by atoms with van der Waals surface area (Å²) >= 11 is 0. The van der Waals surface area contributed by atoms with Gasteiger partial charge in [-0.15, -0.1) is 0 Å². The van der Waals surface area contributed by atoms with Crippen molar-refractivity contribution in [2.45, 2.75) is 5.92 Å². The van der Waals surface area contributed by atoms with Gasteiger partial charge in [-0.05, 0) is 60.2 Å². The van der Waals surface area contributed by atoms with Gasteiger partial charge in [0.15, 0.2) is 5.78 Å². The number of phenolic OH excluding ortho intramolecular Hbond substituents is 1. The van der Waals surface area contributed by atoms with Crippen LogP contribution in [0.2, 0.25) is 0 Å². The molecule has 156 valence electrons. The summed E-state index contributed by atoms with van der Waals surface area (Å²) < 4.78 is 0. The Kier molecular flexibility index (Phi) is 5.66. The molecule has 1 aliphatic rings. The van der Waals surface area contributed by atoms with Gasteiger partial charge in [0.05, 0.1) is 18.2 Å². The third kappa shape index (κ3) is 4.72. The van der Waals surface area contributed by atoms with E-state index in [4.69, 9.17) is 5.73 Å². The van der Waals surface area contributed by atoms with Crippen LogP contribution in [0.25, 0.3) is 6.08 Å². The molecule has 1 aromatic heterocycles. The van der Waals surface area contributed by atoms with Crippen molar-refractivity contribution in [1.82, 2.24) is 9.88 Å². The first-order valence-corrected chi connectivity index (χ1v) is 9.86. The van der Waals surface area contributed by atoms with E-state index in [2.05, 4.69) is 10.3 Å². The lowest BCUT2D eigenvalue weighted by Crippen LogP contribution is -2.46. The molecule has 7 nitrogen and oxygen atoms in total. The van der Waals surface area contributed by atoms with Crippen LogP contribution in [0.1, 0.15) is 17.2 Å². The van der Waals surface area contributed by atoms with E-state index < -0.39 is 5.92 Å². The number of nitrogens with two attached hydrogens (primary N) is 1.